The molecule has 0 aromatic carbocycles. The monoisotopic (exact) mass is 398 g/mol. The van der Waals surface area contributed by atoms with E-state index in [1.54, 1.807) is 5.57 Å². The fourth-order valence-corrected chi connectivity index (χ4v) is 6.34. The van der Waals surface area contributed by atoms with Gasteiger partial charge in [0.05, 0.1) is 11.7 Å². The first-order chi connectivity index (χ1) is 13.6. The van der Waals surface area contributed by atoms with Gasteiger partial charge in [0.1, 0.15) is 0 Å². The van der Waals surface area contributed by atoms with E-state index in [0.717, 1.165) is 31.6 Å². The van der Waals surface area contributed by atoms with Crippen LogP contribution in [0.2, 0.25) is 0 Å². The van der Waals surface area contributed by atoms with Gasteiger partial charge in [0.15, 0.2) is 0 Å². The highest BCUT2D eigenvalue weighted by atomic mass is 16.3. The van der Waals surface area contributed by atoms with Crippen molar-refractivity contribution in [2.75, 3.05) is 0 Å². The summed E-state index contributed by atoms with van der Waals surface area (Å²) in [7, 11) is 0. The van der Waals surface area contributed by atoms with E-state index in [-0.39, 0.29) is 6.10 Å². The van der Waals surface area contributed by atoms with Crippen molar-refractivity contribution in [3.63, 3.8) is 0 Å². The zero-order valence-electron chi connectivity index (χ0n) is 19.1. The number of hydrogen-bond donors (Lipinski definition) is 2. The molecule has 0 aliphatic heterocycles. The van der Waals surface area contributed by atoms with Gasteiger partial charge in [0.2, 0.25) is 0 Å². The second-order valence-corrected chi connectivity index (χ2v) is 10.8. The molecule has 3 saturated carbocycles. The minimum absolute atomic E-state index is 0.199. The van der Waals surface area contributed by atoms with Crippen LogP contribution in [0.15, 0.2) is 47.6 Å². The van der Waals surface area contributed by atoms with Gasteiger partial charge in [0, 0.05) is 0 Å². The third-order valence-electron chi connectivity index (χ3n) is 7.95. The van der Waals surface area contributed by atoms with Crippen molar-refractivity contribution in [3.05, 3.63) is 47.6 Å². The smallest absolute Gasteiger partial charge is 0.0771 e. The summed E-state index contributed by atoms with van der Waals surface area (Å²) in [4.78, 5) is 0. The van der Waals surface area contributed by atoms with Crippen molar-refractivity contribution in [2.24, 2.45) is 23.2 Å². The average molecular weight is 399 g/mol. The van der Waals surface area contributed by atoms with Crippen molar-refractivity contribution in [1.29, 1.82) is 0 Å². The molecule has 2 N–H and O–H groups in total. The number of hydrogen-bond acceptors (Lipinski definition) is 2. The Morgan fingerprint density at radius 2 is 1.97 bits per heavy atom. The lowest BCUT2D eigenvalue weighted by atomic mass is 9.61. The number of rotatable bonds is 5. The molecule has 0 radical (unpaired) electrons. The van der Waals surface area contributed by atoms with Gasteiger partial charge in [-0.1, -0.05) is 55.9 Å². The lowest BCUT2D eigenvalue weighted by molar-refractivity contribution is 0.0979. The van der Waals surface area contributed by atoms with Gasteiger partial charge < -0.3 is 10.2 Å². The van der Waals surface area contributed by atoms with Crippen molar-refractivity contribution in [2.45, 2.75) is 97.2 Å². The van der Waals surface area contributed by atoms with Gasteiger partial charge in [-0.15, -0.1) is 0 Å². The Kier molecular flexibility index (Phi) is 6.95. The Morgan fingerprint density at radius 1 is 1.21 bits per heavy atom. The number of aliphatic hydroxyl groups is 2. The zero-order chi connectivity index (χ0) is 21.2. The number of allylic oxidation sites excluding steroid dienone is 5. The van der Waals surface area contributed by atoms with Gasteiger partial charge >= 0.3 is 0 Å². The molecule has 3 rings (SSSR count). The Balaban J connectivity index is 1.72. The molecule has 0 saturated heterocycles. The Bertz CT molecular complexity index is 690. The molecule has 0 spiro atoms. The predicted octanol–water partition coefficient (Wildman–Crippen LogP) is 6.51. The largest absolute Gasteiger partial charge is 0.393 e. The quantitative estimate of drug-likeness (QED) is 0.518. The molecule has 0 heterocycles. The van der Waals surface area contributed by atoms with Crippen molar-refractivity contribution < 1.29 is 10.2 Å². The van der Waals surface area contributed by atoms with E-state index in [4.69, 9.17) is 0 Å². The van der Waals surface area contributed by atoms with Crippen LogP contribution in [0.3, 0.4) is 0 Å². The van der Waals surface area contributed by atoms with E-state index in [1.165, 1.54) is 43.3 Å². The van der Waals surface area contributed by atoms with Gasteiger partial charge in [-0.3, -0.25) is 0 Å². The SMILES string of the molecule is C=C1CC[C@@H](O)C/C1=C/C=C1\CCC[C@]2(C)[C@@H]([C@H](C)C/C=C/C(C)(C)O)CC[C@@H]12. The average Bonchev–Trinajstić information content (AvgIpc) is 2.99. The number of aliphatic hydroxyl groups excluding tert-OH is 1. The molecule has 0 aromatic heterocycles. The lowest BCUT2D eigenvalue weighted by Crippen LogP contribution is -2.35. The molecule has 3 aliphatic rings. The summed E-state index contributed by atoms with van der Waals surface area (Å²) >= 11 is 0. The van der Waals surface area contributed by atoms with E-state index >= 15 is 0 Å². The lowest BCUT2D eigenvalue weighted by Gasteiger charge is -2.44. The second-order valence-electron chi connectivity index (χ2n) is 10.8. The summed E-state index contributed by atoms with van der Waals surface area (Å²) in [6.07, 6.45) is 18.7. The van der Waals surface area contributed by atoms with Gasteiger partial charge in [-0.2, -0.15) is 0 Å². The molecule has 0 unspecified atom stereocenters. The van der Waals surface area contributed by atoms with Crippen molar-refractivity contribution >= 4 is 0 Å². The molecule has 0 bridgehead atoms. The number of fused-ring (bicyclic) bond motifs is 1. The summed E-state index contributed by atoms with van der Waals surface area (Å²) in [5.74, 6) is 2.09. The summed E-state index contributed by atoms with van der Waals surface area (Å²) in [6.45, 7) is 12.8. The minimum atomic E-state index is -0.715. The molecule has 2 nitrogen and oxygen atoms in total. The maximum Gasteiger partial charge on any atom is 0.0771 e. The van der Waals surface area contributed by atoms with E-state index in [1.807, 2.05) is 19.9 Å². The fraction of sp³-hybridized carbons (Fsp3) is 0.704. The highest BCUT2D eigenvalue weighted by molar-refractivity contribution is 5.36. The van der Waals surface area contributed by atoms with Gasteiger partial charge in [-0.25, -0.2) is 0 Å². The predicted molar refractivity (Wildman–Crippen MR) is 123 cm³/mol. The summed E-state index contributed by atoms with van der Waals surface area (Å²) in [5.41, 5.74) is 3.77. The van der Waals surface area contributed by atoms with Crippen LogP contribution in [0.5, 0.6) is 0 Å². The van der Waals surface area contributed by atoms with Gasteiger partial charge in [-0.05, 0) is 100 Å². The molecule has 162 valence electrons. The van der Waals surface area contributed by atoms with E-state index in [2.05, 4.69) is 38.7 Å². The van der Waals surface area contributed by atoms with Crippen molar-refractivity contribution in [3.8, 4) is 0 Å². The molecular formula is C27H42O2. The first-order valence-corrected chi connectivity index (χ1v) is 11.8. The van der Waals surface area contributed by atoms with Crippen LogP contribution in [0, 0.1) is 23.2 Å². The fourth-order valence-electron chi connectivity index (χ4n) is 6.34. The van der Waals surface area contributed by atoms with E-state index < -0.39 is 5.60 Å². The minimum Gasteiger partial charge on any atom is -0.393 e. The third-order valence-corrected chi connectivity index (χ3v) is 7.95. The first kappa shape index (κ1) is 22.6. The summed E-state index contributed by atoms with van der Waals surface area (Å²) in [5, 5.41) is 20.0. The maximum absolute atomic E-state index is 10.0. The second kappa shape index (κ2) is 8.94. The van der Waals surface area contributed by atoms with E-state index in [0.29, 0.717) is 17.3 Å². The molecule has 2 heteroatoms. The van der Waals surface area contributed by atoms with Crippen LogP contribution in [-0.2, 0) is 0 Å². The molecule has 3 fully saturated rings. The highest BCUT2D eigenvalue weighted by Gasteiger charge is 2.50. The molecule has 29 heavy (non-hydrogen) atoms. The molecular weight excluding hydrogens is 356 g/mol. The van der Waals surface area contributed by atoms with Crippen LogP contribution >= 0.6 is 0 Å². The summed E-state index contributed by atoms with van der Waals surface area (Å²) in [6, 6.07) is 0. The molecule has 0 aromatic rings. The third kappa shape index (κ3) is 5.33. The topological polar surface area (TPSA) is 40.5 Å². The van der Waals surface area contributed by atoms with Crippen LogP contribution in [0.4, 0.5) is 0 Å². The maximum atomic E-state index is 10.0. The summed E-state index contributed by atoms with van der Waals surface area (Å²) < 4.78 is 0. The first-order valence-electron chi connectivity index (χ1n) is 11.8. The van der Waals surface area contributed by atoms with Gasteiger partial charge in [0.25, 0.3) is 0 Å². The van der Waals surface area contributed by atoms with Crippen molar-refractivity contribution in [1.82, 2.24) is 0 Å². The van der Waals surface area contributed by atoms with Crippen LogP contribution in [0.1, 0.15) is 85.5 Å². The Morgan fingerprint density at radius 3 is 2.69 bits per heavy atom. The Hall–Kier alpha value is -1.12. The molecule has 3 aliphatic carbocycles. The molecule has 5 atom stereocenters. The normalized spacial score (nSPS) is 37.4. The molecule has 0 amide bonds. The van der Waals surface area contributed by atoms with Crippen LogP contribution < -0.4 is 0 Å². The van der Waals surface area contributed by atoms with E-state index in [9.17, 15) is 10.2 Å². The van der Waals surface area contributed by atoms with Crippen LogP contribution in [-0.4, -0.2) is 21.9 Å². The standard InChI is InChI=1S/C27H42O2/c1-19-10-13-23(28)18-22(19)12-11-21-9-7-17-27(5)24(14-15-25(21)27)20(2)8-6-16-26(3,4)29/h6,11-12,16,20,23-25,28-29H,1,7-10,13-15,17-18H2,2-5H3/b16-6+,21-11+,22-12-/t20-,23-,24-,25+,27-/m1/s1. The van der Waals surface area contributed by atoms with Crippen LogP contribution in [0.25, 0.3) is 0 Å². The zero-order valence-corrected chi connectivity index (χ0v) is 19.1. The highest BCUT2D eigenvalue weighted by Crippen LogP contribution is 2.59. The Labute approximate surface area is 178 Å².